The van der Waals surface area contributed by atoms with E-state index in [1.54, 1.807) is 19.2 Å². The minimum Gasteiger partial charge on any atom is -0.497 e. The van der Waals surface area contributed by atoms with Gasteiger partial charge in [-0.2, -0.15) is 0 Å². The summed E-state index contributed by atoms with van der Waals surface area (Å²) in [4.78, 5) is 18.1. The first-order chi connectivity index (χ1) is 17.0. The van der Waals surface area contributed by atoms with E-state index >= 15 is 0 Å². The van der Waals surface area contributed by atoms with Gasteiger partial charge in [0.1, 0.15) is 17.4 Å². The van der Waals surface area contributed by atoms with E-state index in [4.69, 9.17) is 4.74 Å². The highest BCUT2D eigenvalue weighted by Crippen LogP contribution is 2.38. The number of carbonyl (C=O) groups is 1. The Kier molecular flexibility index (Phi) is 6.68. The summed E-state index contributed by atoms with van der Waals surface area (Å²) < 4.78 is 32.1. The first-order valence-corrected chi connectivity index (χ1v) is 11.9. The Morgan fingerprint density at radius 1 is 0.971 bits per heavy atom. The molecule has 0 bridgehead atoms. The molecule has 2 heterocycles. The number of nitrogens with zero attached hydrogens (tertiary/aromatic N) is 2. The molecule has 182 valence electrons. The molecule has 1 saturated heterocycles. The summed E-state index contributed by atoms with van der Waals surface area (Å²) in [7, 11) is 1.66. The zero-order valence-corrected chi connectivity index (χ0v) is 19.7. The van der Waals surface area contributed by atoms with Gasteiger partial charge in [0, 0.05) is 44.5 Å². The third kappa shape index (κ3) is 5.15. The first-order valence-electron chi connectivity index (χ1n) is 11.9. The number of carbonyl (C=O) groups excluding carboxylic acids is 1. The Hall–Kier alpha value is -3.45. The summed E-state index contributed by atoms with van der Waals surface area (Å²) in [5.74, 6) is 0.0324. The molecule has 1 N–H and O–H groups in total. The van der Waals surface area contributed by atoms with Crippen LogP contribution in [0.2, 0.25) is 0 Å². The Labute approximate surface area is 204 Å². The number of fused-ring (bicyclic) bond motifs is 3. The third-order valence-corrected chi connectivity index (χ3v) is 7.05. The van der Waals surface area contributed by atoms with Crippen molar-refractivity contribution in [3.8, 4) is 5.75 Å². The molecule has 5 nitrogen and oxygen atoms in total. The molecule has 0 aromatic heterocycles. The molecule has 7 heteroatoms. The van der Waals surface area contributed by atoms with Crippen LogP contribution >= 0.6 is 0 Å². The molecule has 3 aromatic carbocycles. The smallest absolute Gasteiger partial charge is 0.225 e. The molecule has 2 atom stereocenters. The van der Waals surface area contributed by atoms with E-state index < -0.39 is 0 Å². The van der Waals surface area contributed by atoms with Crippen LogP contribution in [0.5, 0.6) is 5.75 Å². The highest BCUT2D eigenvalue weighted by Gasteiger charge is 2.41. The quantitative estimate of drug-likeness (QED) is 0.579. The number of anilines is 1. The van der Waals surface area contributed by atoms with Gasteiger partial charge >= 0.3 is 0 Å². The lowest BCUT2D eigenvalue weighted by molar-refractivity contribution is -0.126. The zero-order valence-electron chi connectivity index (χ0n) is 19.7. The second-order valence-corrected chi connectivity index (χ2v) is 9.27. The van der Waals surface area contributed by atoms with Crippen LogP contribution < -0.4 is 15.0 Å². The van der Waals surface area contributed by atoms with Crippen LogP contribution in [0.4, 0.5) is 14.5 Å². The Bertz CT molecular complexity index is 1180. The van der Waals surface area contributed by atoms with Crippen LogP contribution in [0.3, 0.4) is 0 Å². The van der Waals surface area contributed by atoms with E-state index in [1.165, 1.54) is 24.3 Å². The van der Waals surface area contributed by atoms with Gasteiger partial charge in [-0.3, -0.25) is 9.69 Å². The minimum absolute atomic E-state index is 0.00276. The number of benzene rings is 3. The van der Waals surface area contributed by atoms with E-state index in [-0.39, 0.29) is 29.5 Å². The maximum Gasteiger partial charge on any atom is 0.225 e. The van der Waals surface area contributed by atoms with Crippen LogP contribution in [0.15, 0.2) is 66.7 Å². The van der Waals surface area contributed by atoms with Gasteiger partial charge in [-0.1, -0.05) is 30.3 Å². The largest absolute Gasteiger partial charge is 0.497 e. The van der Waals surface area contributed by atoms with Gasteiger partial charge in [0.2, 0.25) is 5.91 Å². The predicted octanol–water partition coefficient (Wildman–Crippen LogP) is 4.15. The number of hydrogen-bond acceptors (Lipinski definition) is 4. The summed E-state index contributed by atoms with van der Waals surface area (Å²) in [6.07, 6.45) is 0.639. The molecule has 35 heavy (non-hydrogen) atoms. The average Bonchev–Trinajstić information content (AvgIpc) is 2.88. The summed E-state index contributed by atoms with van der Waals surface area (Å²) in [6, 6.07) is 18.8. The summed E-state index contributed by atoms with van der Waals surface area (Å²) >= 11 is 0. The maximum absolute atomic E-state index is 13.4. The van der Waals surface area contributed by atoms with Crippen molar-refractivity contribution in [1.82, 2.24) is 10.2 Å². The van der Waals surface area contributed by atoms with Crippen molar-refractivity contribution in [2.24, 2.45) is 5.92 Å². The molecule has 1 fully saturated rings. The van der Waals surface area contributed by atoms with Crippen LogP contribution in [0.1, 0.15) is 16.7 Å². The summed E-state index contributed by atoms with van der Waals surface area (Å²) in [5.41, 5.74) is 4.17. The normalized spacial score (nSPS) is 19.6. The fourth-order valence-electron chi connectivity index (χ4n) is 5.18. The first kappa shape index (κ1) is 23.3. The van der Waals surface area contributed by atoms with Gasteiger partial charge < -0.3 is 15.0 Å². The van der Waals surface area contributed by atoms with Gasteiger partial charge in [-0.15, -0.1) is 0 Å². The topological polar surface area (TPSA) is 44.8 Å². The van der Waals surface area contributed by atoms with Crippen molar-refractivity contribution >= 4 is 11.6 Å². The molecule has 2 aliphatic heterocycles. The molecule has 0 aliphatic carbocycles. The lowest BCUT2D eigenvalue weighted by Gasteiger charge is -2.49. The second-order valence-electron chi connectivity index (χ2n) is 9.27. The van der Waals surface area contributed by atoms with Crippen molar-refractivity contribution in [2.75, 3.05) is 31.6 Å². The van der Waals surface area contributed by atoms with E-state index in [0.29, 0.717) is 19.5 Å². The number of hydrogen-bond donors (Lipinski definition) is 1. The molecule has 1 amide bonds. The average molecular weight is 478 g/mol. The standard InChI is InChI=1S/C28H29F2N3O2/c1-35-24-11-6-21-14-25(28(34)31-16-19-2-7-22(29)8-3-19)27-18-32(12-13-33(27)26(21)15-24)17-20-4-9-23(30)10-5-20/h2-11,15,25,27H,12-14,16-18H2,1H3,(H,31,34)/t25-,27+/m0/s1. The van der Waals surface area contributed by atoms with E-state index in [2.05, 4.69) is 27.2 Å². The zero-order chi connectivity index (χ0) is 24.4. The number of rotatable bonds is 6. The molecule has 5 rings (SSSR count). The Balaban J connectivity index is 1.36. The second kappa shape index (κ2) is 10.0. The molecule has 0 radical (unpaired) electrons. The predicted molar refractivity (Wildman–Crippen MR) is 131 cm³/mol. The SMILES string of the molecule is COc1ccc2c(c1)N1CCN(Cc3ccc(F)cc3)C[C@@H]1[C@@H](C(=O)NCc1ccc(F)cc1)C2. The van der Waals surface area contributed by atoms with E-state index in [9.17, 15) is 13.6 Å². The van der Waals surface area contributed by atoms with Crippen molar-refractivity contribution in [3.63, 3.8) is 0 Å². The van der Waals surface area contributed by atoms with Crippen LogP contribution in [-0.2, 0) is 24.3 Å². The molecule has 0 spiro atoms. The molecular weight excluding hydrogens is 448 g/mol. The van der Waals surface area contributed by atoms with Crippen molar-refractivity contribution < 1.29 is 18.3 Å². The molecule has 2 aliphatic rings. The molecular formula is C28H29F2N3O2. The highest BCUT2D eigenvalue weighted by atomic mass is 19.1. The summed E-state index contributed by atoms with van der Waals surface area (Å²) in [6.45, 7) is 3.42. The Morgan fingerprint density at radius 2 is 1.66 bits per heavy atom. The molecule has 3 aromatic rings. The maximum atomic E-state index is 13.4. The highest BCUT2D eigenvalue weighted by molar-refractivity contribution is 5.82. The number of halogens is 2. The minimum atomic E-state index is -0.293. The van der Waals surface area contributed by atoms with Crippen LogP contribution in [0, 0.1) is 17.6 Å². The number of nitrogens with one attached hydrogen (secondary N) is 1. The van der Waals surface area contributed by atoms with Crippen LogP contribution in [-0.4, -0.2) is 43.6 Å². The van der Waals surface area contributed by atoms with Gasteiger partial charge in [-0.25, -0.2) is 8.78 Å². The number of ether oxygens (including phenoxy) is 1. The fourth-order valence-corrected chi connectivity index (χ4v) is 5.18. The van der Waals surface area contributed by atoms with Gasteiger partial charge in [-0.05, 0) is 53.4 Å². The summed E-state index contributed by atoms with van der Waals surface area (Å²) in [5, 5.41) is 3.07. The number of amides is 1. The molecule has 0 unspecified atom stereocenters. The number of methoxy groups -OCH3 is 1. The lowest BCUT2D eigenvalue weighted by atomic mass is 9.83. The fraction of sp³-hybridized carbons (Fsp3) is 0.321. The van der Waals surface area contributed by atoms with Gasteiger partial charge in [0.05, 0.1) is 19.1 Å². The van der Waals surface area contributed by atoms with E-state index in [1.807, 2.05) is 18.2 Å². The third-order valence-electron chi connectivity index (χ3n) is 7.05. The van der Waals surface area contributed by atoms with Crippen LogP contribution in [0.25, 0.3) is 0 Å². The van der Waals surface area contributed by atoms with Crippen molar-refractivity contribution in [2.45, 2.75) is 25.6 Å². The van der Waals surface area contributed by atoms with E-state index in [0.717, 1.165) is 47.8 Å². The van der Waals surface area contributed by atoms with Crippen molar-refractivity contribution in [3.05, 3.63) is 95.1 Å². The van der Waals surface area contributed by atoms with Gasteiger partial charge in [0.25, 0.3) is 0 Å². The monoisotopic (exact) mass is 477 g/mol. The molecule has 0 saturated carbocycles. The lowest BCUT2D eigenvalue weighted by Crippen LogP contribution is -2.60. The number of piperazine rings is 1. The Morgan fingerprint density at radius 3 is 2.34 bits per heavy atom. The van der Waals surface area contributed by atoms with Crippen molar-refractivity contribution in [1.29, 1.82) is 0 Å². The van der Waals surface area contributed by atoms with Gasteiger partial charge in [0.15, 0.2) is 0 Å².